The normalized spacial score (nSPS) is 16.0. The van der Waals surface area contributed by atoms with Crippen molar-refractivity contribution in [1.82, 2.24) is 0 Å². The Bertz CT molecular complexity index is 689. The molecule has 1 aliphatic rings. The molecule has 0 heteroatoms. The molecule has 0 aromatic heterocycles. The van der Waals surface area contributed by atoms with Gasteiger partial charge < -0.3 is 0 Å². The predicted molar refractivity (Wildman–Crippen MR) is 99.5 cm³/mol. The SMILES string of the molecule is C\C=C/C=C(C)\C=C\c1cccc(C2=CC(C)=CCC=C2)c1. The summed E-state index contributed by atoms with van der Waals surface area (Å²) in [5.41, 5.74) is 6.35. The van der Waals surface area contributed by atoms with Gasteiger partial charge in [-0.25, -0.2) is 0 Å². The van der Waals surface area contributed by atoms with Crippen molar-refractivity contribution in [2.75, 3.05) is 0 Å². The average molecular weight is 288 g/mol. The second kappa shape index (κ2) is 8.19. The Balaban J connectivity index is 2.24. The maximum absolute atomic E-state index is 2.25. The summed E-state index contributed by atoms with van der Waals surface area (Å²) in [5, 5.41) is 0. The van der Waals surface area contributed by atoms with Gasteiger partial charge in [-0.2, -0.15) is 0 Å². The van der Waals surface area contributed by atoms with E-state index < -0.39 is 0 Å². The zero-order valence-electron chi connectivity index (χ0n) is 13.7. The lowest BCUT2D eigenvalue weighted by atomic mass is 10.0. The first-order valence-corrected chi connectivity index (χ1v) is 7.82. The van der Waals surface area contributed by atoms with Crippen LogP contribution in [0.5, 0.6) is 0 Å². The maximum Gasteiger partial charge on any atom is -0.0160 e. The van der Waals surface area contributed by atoms with Gasteiger partial charge in [-0.3, -0.25) is 0 Å². The summed E-state index contributed by atoms with van der Waals surface area (Å²) in [6, 6.07) is 8.69. The molecule has 0 N–H and O–H groups in total. The molecule has 0 saturated carbocycles. The second-order valence-electron chi connectivity index (χ2n) is 5.58. The van der Waals surface area contributed by atoms with Crippen LogP contribution in [0.15, 0.2) is 84.0 Å². The van der Waals surface area contributed by atoms with E-state index in [1.54, 1.807) is 0 Å². The van der Waals surface area contributed by atoms with Crippen LogP contribution in [0.3, 0.4) is 0 Å². The molecular weight excluding hydrogens is 264 g/mol. The van der Waals surface area contributed by atoms with Crippen LogP contribution in [0.25, 0.3) is 11.6 Å². The van der Waals surface area contributed by atoms with Crippen LogP contribution >= 0.6 is 0 Å². The summed E-state index contributed by atoms with van der Waals surface area (Å²) in [5.74, 6) is 0. The number of hydrogen-bond donors (Lipinski definition) is 0. The molecule has 0 heterocycles. The van der Waals surface area contributed by atoms with Crippen molar-refractivity contribution < 1.29 is 0 Å². The molecule has 1 aromatic carbocycles. The summed E-state index contributed by atoms with van der Waals surface area (Å²) >= 11 is 0. The standard InChI is InChI=1S/C22H24/c1-4-5-9-18(2)14-15-20-11-8-13-22(17-20)21-12-7-6-10-19(3)16-21/h4-5,7-17H,6H2,1-3H3/b5-4-,15-14+,18-9-. The molecule has 0 nitrogen and oxygen atoms in total. The summed E-state index contributed by atoms with van der Waals surface area (Å²) in [4.78, 5) is 0. The third-order valence-corrected chi connectivity index (χ3v) is 3.57. The van der Waals surface area contributed by atoms with Crippen LogP contribution in [0.2, 0.25) is 0 Å². The van der Waals surface area contributed by atoms with E-state index in [-0.39, 0.29) is 0 Å². The van der Waals surface area contributed by atoms with Crippen LogP contribution in [0.4, 0.5) is 0 Å². The highest BCUT2D eigenvalue weighted by molar-refractivity contribution is 5.77. The molecule has 0 saturated heterocycles. The Hall–Kier alpha value is -2.34. The van der Waals surface area contributed by atoms with Crippen molar-refractivity contribution in [2.45, 2.75) is 27.2 Å². The number of hydrogen-bond acceptors (Lipinski definition) is 0. The molecule has 2 rings (SSSR count). The monoisotopic (exact) mass is 288 g/mol. The van der Waals surface area contributed by atoms with Gasteiger partial charge in [0.15, 0.2) is 0 Å². The molecule has 112 valence electrons. The van der Waals surface area contributed by atoms with Crippen LogP contribution in [-0.2, 0) is 0 Å². The van der Waals surface area contributed by atoms with Gasteiger partial charge in [-0.1, -0.05) is 84.0 Å². The number of rotatable bonds is 4. The Kier molecular flexibility index (Phi) is 5.97. The van der Waals surface area contributed by atoms with Gasteiger partial charge in [0.25, 0.3) is 0 Å². The summed E-state index contributed by atoms with van der Waals surface area (Å²) in [6.45, 7) is 6.30. The lowest BCUT2D eigenvalue weighted by molar-refractivity contribution is 1.35. The quantitative estimate of drug-likeness (QED) is 0.554. The molecule has 0 spiro atoms. The Morgan fingerprint density at radius 3 is 2.91 bits per heavy atom. The highest BCUT2D eigenvalue weighted by atomic mass is 14.1. The smallest absolute Gasteiger partial charge is 0.0160 e. The molecule has 0 unspecified atom stereocenters. The fourth-order valence-corrected chi connectivity index (χ4v) is 2.33. The molecule has 0 amide bonds. The van der Waals surface area contributed by atoms with E-state index in [0.717, 1.165) is 6.42 Å². The number of benzene rings is 1. The summed E-state index contributed by atoms with van der Waals surface area (Å²) < 4.78 is 0. The van der Waals surface area contributed by atoms with E-state index >= 15 is 0 Å². The maximum atomic E-state index is 2.25. The molecule has 1 aromatic rings. The van der Waals surface area contributed by atoms with Crippen LogP contribution in [0, 0.1) is 0 Å². The first-order chi connectivity index (χ1) is 10.7. The Labute approximate surface area is 134 Å². The number of allylic oxidation sites excluding steroid dienone is 11. The van der Waals surface area contributed by atoms with Gasteiger partial charge in [0.2, 0.25) is 0 Å². The van der Waals surface area contributed by atoms with E-state index in [9.17, 15) is 0 Å². The van der Waals surface area contributed by atoms with Crippen molar-refractivity contribution >= 4 is 11.6 Å². The lowest BCUT2D eigenvalue weighted by Gasteiger charge is -2.04. The molecule has 0 aliphatic heterocycles. The van der Waals surface area contributed by atoms with E-state index in [0.29, 0.717) is 0 Å². The molecule has 0 atom stereocenters. The minimum absolute atomic E-state index is 1.01. The van der Waals surface area contributed by atoms with Gasteiger partial charge in [0.05, 0.1) is 0 Å². The highest BCUT2D eigenvalue weighted by Gasteiger charge is 2.01. The van der Waals surface area contributed by atoms with Crippen molar-refractivity contribution in [2.24, 2.45) is 0 Å². The molecule has 1 aliphatic carbocycles. The van der Waals surface area contributed by atoms with Gasteiger partial charge in [0.1, 0.15) is 0 Å². The minimum Gasteiger partial charge on any atom is -0.0877 e. The fourth-order valence-electron chi connectivity index (χ4n) is 2.33. The van der Waals surface area contributed by atoms with Crippen molar-refractivity contribution in [1.29, 1.82) is 0 Å². The third kappa shape index (κ3) is 4.89. The van der Waals surface area contributed by atoms with Gasteiger partial charge in [-0.05, 0) is 50.0 Å². The third-order valence-electron chi connectivity index (χ3n) is 3.57. The zero-order chi connectivity index (χ0) is 15.8. The zero-order valence-corrected chi connectivity index (χ0v) is 13.7. The Morgan fingerprint density at radius 1 is 1.23 bits per heavy atom. The van der Waals surface area contributed by atoms with E-state index in [2.05, 4.69) is 86.7 Å². The van der Waals surface area contributed by atoms with Crippen LogP contribution in [-0.4, -0.2) is 0 Å². The van der Waals surface area contributed by atoms with Crippen LogP contribution < -0.4 is 0 Å². The molecule has 22 heavy (non-hydrogen) atoms. The topological polar surface area (TPSA) is 0 Å². The van der Waals surface area contributed by atoms with Crippen molar-refractivity contribution in [3.63, 3.8) is 0 Å². The van der Waals surface area contributed by atoms with Crippen LogP contribution in [0.1, 0.15) is 38.3 Å². The van der Waals surface area contributed by atoms with Gasteiger partial charge >= 0.3 is 0 Å². The van der Waals surface area contributed by atoms with Gasteiger partial charge in [-0.15, -0.1) is 0 Å². The summed E-state index contributed by atoms with van der Waals surface area (Å²) in [7, 11) is 0. The van der Waals surface area contributed by atoms with Gasteiger partial charge in [0, 0.05) is 0 Å². The lowest BCUT2D eigenvalue weighted by Crippen LogP contribution is -1.83. The predicted octanol–water partition coefficient (Wildman–Crippen LogP) is 6.51. The van der Waals surface area contributed by atoms with Crippen molar-refractivity contribution in [3.05, 3.63) is 95.1 Å². The first-order valence-electron chi connectivity index (χ1n) is 7.82. The van der Waals surface area contributed by atoms with E-state index in [1.807, 2.05) is 13.0 Å². The second-order valence-corrected chi connectivity index (χ2v) is 5.58. The molecule has 0 radical (unpaired) electrons. The molecule has 0 bridgehead atoms. The summed E-state index contributed by atoms with van der Waals surface area (Å²) in [6.07, 6.45) is 20.5. The first kappa shape index (κ1) is 16.0. The average Bonchev–Trinajstić information content (AvgIpc) is 2.76. The molecule has 0 fully saturated rings. The largest absolute Gasteiger partial charge is 0.0877 e. The van der Waals surface area contributed by atoms with E-state index in [4.69, 9.17) is 0 Å². The molecular formula is C22H24. The minimum atomic E-state index is 1.01. The fraction of sp³-hybridized carbons (Fsp3) is 0.182. The van der Waals surface area contributed by atoms with E-state index in [1.165, 1.54) is 27.8 Å². The highest BCUT2D eigenvalue weighted by Crippen LogP contribution is 2.22. The Morgan fingerprint density at radius 2 is 2.09 bits per heavy atom. The van der Waals surface area contributed by atoms with Crippen molar-refractivity contribution in [3.8, 4) is 0 Å².